The number of aromatic nitrogens is 2. The number of benzene rings is 2. The van der Waals surface area contributed by atoms with E-state index in [1.165, 1.54) is 30.3 Å². The molecule has 11 heteroatoms. The number of carbonyl (C=O) groups excluding carboxylic acids is 2. The minimum atomic E-state index is -4.07. The summed E-state index contributed by atoms with van der Waals surface area (Å²) in [5.41, 5.74) is 2.03. The van der Waals surface area contributed by atoms with Gasteiger partial charge in [-0.2, -0.15) is 0 Å². The van der Waals surface area contributed by atoms with Gasteiger partial charge < -0.3 is 14.8 Å². The minimum Gasteiger partial charge on any atom is -0.483 e. The molecule has 0 aliphatic rings. The van der Waals surface area contributed by atoms with Crippen LogP contribution in [-0.4, -0.2) is 43.7 Å². The second kappa shape index (κ2) is 13.3. The Kier molecular flexibility index (Phi) is 10.3. The number of hydrogen-bond donors (Lipinski definition) is 2. The highest BCUT2D eigenvalue weighted by atomic mass is 32.2. The molecule has 1 aromatic heterocycles. The van der Waals surface area contributed by atoms with Crippen molar-refractivity contribution in [2.45, 2.75) is 77.0 Å². The van der Waals surface area contributed by atoms with Gasteiger partial charge in [-0.05, 0) is 64.8 Å². The van der Waals surface area contributed by atoms with Crippen LogP contribution in [0, 0.1) is 0 Å². The molecule has 0 saturated carbocycles. The first-order valence-corrected chi connectivity index (χ1v) is 15.3. The first kappa shape index (κ1) is 32.5. The van der Waals surface area contributed by atoms with Gasteiger partial charge in [-0.1, -0.05) is 73.1 Å². The third-order valence-electron chi connectivity index (χ3n) is 6.29. The average Bonchev–Trinajstić information content (AvgIpc) is 2.91. The van der Waals surface area contributed by atoms with E-state index in [-0.39, 0.29) is 46.1 Å². The number of ether oxygens (including phenoxy) is 2. The molecule has 2 N–H and O–H groups in total. The molecule has 226 valence electrons. The molecular weight excluding hydrogens is 556 g/mol. The molecule has 0 bridgehead atoms. The van der Waals surface area contributed by atoms with Gasteiger partial charge in [0.2, 0.25) is 0 Å². The van der Waals surface area contributed by atoms with Crippen LogP contribution in [-0.2, 0) is 30.4 Å². The normalized spacial score (nSPS) is 12.0. The second-order valence-electron chi connectivity index (χ2n) is 12.0. The summed E-state index contributed by atoms with van der Waals surface area (Å²) < 4.78 is 39.3. The van der Waals surface area contributed by atoms with E-state index in [0.29, 0.717) is 5.75 Å². The van der Waals surface area contributed by atoms with Crippen LogP contribution in [0.3, 0.4) is 0 Å². The molecule has 1 amide bonds. The number of nitrogens with one attached hydrogen (secondary N) is 2. The number of hydrogen-bond acceptors (Lipinski definition) is 8. The number of esters is 1. The van der Waals surface area contributed by atoms with Crippen molar-refractivity contribution in [1.82, 2.24) is 10.2 Å². The van der Waals surface area contributed by atoms with Gasteiger partial charge in [-0.25, -0.2) is 13.2 Å². The summed E-state index contributed by atoms with van der Waals surface area (Å²) in [5, 5.41) is 10.2. The zero-order valence-corrected chi connectivity index (χ0v) is 26.1. The van der Waals surface area contributed by atoms with Crippen LogP contribution in [0.4, 0.5) is 11.5 Å². The van der Waals surface area contributed by atoms with Gasteiger partial charge in [-0.15, -0.1) is 10.2 Å². The Morgan fingerprint density at radius 2 is 1.64 bits per heavy atom. The van der Waals surface area contributed by atoms with E-state index in [1.807, 2.05) is 19.1 Å². The second-order valence-corrected chi connectivity index (χ2v) is 13.7. The standard InChI is InChI=1S/C31H40N4O6S/c1-8-9-17-40-29(37)25-15-16-27(34-33-25)35-42(38,39)23-12-10-11-22(19-23)32-28(36)20-41-26-18-21(30(2,3)4)13-14-24(26)31(5,6)7/h10-16,18-19H,8-9,17,20H2,1-7H3,(H,32,36)(H,34,35). The van der Waals surface area contributed by atoms with E-state index >= 15 is 0 Å². The van der Waals surface area contributed by atoms with Gasteiger partial charge in [0, 0.05) is 5.69 Å². The number of carbonyl (C=O) groups is 2. The molecule has 3 aromatic rings. The van der Waals surface area contributed by atoms with Crippen LogP contribution < -0.4 is 14.8 Å². The summed E-state index contributed by atoms with van der Waals surface area (Å²) in [4.78, 5) is 24.7. The maximum Gasteiger partial charge on any atom is 0.358 e. The molecule has 1 heterocycles. The Hall–Kier alpha value is -3.99. The van der Waals surface area contributed by atoms with Crippen LogP contribution >= 0.6 is 0 Å². The molecule has 0 radical (unpaired) electrons. The largest absolute Gasteiger partial charge is 0.483 e. The third kappa shape index (κ3) is 9.01. The highest BCUT2D eigenvalue weighted by Gasteiger charge is 2.23. The molecule has 0 fully saturated rings. The van der Waals surface area contributed by atoms with Crippen LogP contribution in [0.1, 0.15) is 82.9 Å². The molecule has 0 atom stereocenters. The summed E-state index contributed by atoms with van der Waals surface area (Å²) >= 11 is 0. The summed E-state index contributed by atoms with van der Waals surface area (Å²) in [6.07, 6.45) is 1.61. The Morgan fingerprint density at radius 1 is 0.905 bits per heavy atom. The summed E-state index contributed by atoms with van der Waals surface area (Å²) in [6, 6.07) is 14.5. The number of anilines is 2. The molecule has 3 rings (SSSR count). The van der Waals surface area contributed by atoms with Crippen LogP contribution in [0.15, 0.2) is 59.5 Å². The van der Waals surface area contributed by atoms with E-state index in [1.54, 1.807) is 6.07 Å². The fraction of sp³-hybridized carbons (Fsp3) is 0.419. The fourth-order valence-electron chi connectivity index (χ4n) is 3.88. The van der Waals surface area contributed by atoms with Crippen molar-refractivity contribution in [3.05, 3.63) is 71.4 Å². The Labute approximate surface area is 248 Å². The van der Waals surface area contributed by atoms with Crippen molar-refractivity contribution in [2.75, 3.05) is 23.3 Å². The monoisotopic (exact) mass is 596 g/mol. The summed E-state index contributed by atoms with van der Waals surface area (Å²) in [5.74, 6) is -0.512. The Balaban J connectivity index is 1.67. The van der Waals surface area contributed by atoms with Crippen molar-refractivity contribution >= 4 is 33.4 Å². The van der Waals surface area contributed by atoms with Gasteiger partial charge in [0.05, 0.1) is 11.5 Å². The molecule has 2 aromatic carbocycles. The lowest BCUT2D eigenvalue weighted by Gasteiger charge is -2.26. The zero-order chi connectivity index (χ0) is 31.1. The van der Waals surface area contributed by atoms with E-state index in [9.17, 15) is 18.0 Å². The van der Waals surface area contributed by atoms with E-state index < -0.39 is 21.9 Å². The molecule has 0 unspecified atom stereocenters. The van der Waals surface area contributed by atoms with Gasteiger partial charge in [0.1, 0.15) is 5.75 Å². The van der Waals surface area contributed by atoms with E-state index in [4.69, 9.17) is 9.47 Å². The topological polar surface area (TPSA) is 137 Å². The first-order chi connectivity index (χ1) is 19.6. The van der Waals surface area contributed by atoms with Crippen LogP contribution in [0.2, 0.25) is 0 Å². The number of nitrogens with zero attached hydrogens (tertiary/aromatic N) is 2. The number of amides is 1. The Bertz CT molecular complexity index is 1510. The van der Waals surface area contributed by atoms with Gasteiger partial charge in [-0.3, -0.25) is 9.52 Å². The molecule has 0 spiro atoms. The lowest BCUT2D eigenvalue weighted by molar-refractivity contribution is -0.118. The first-order valence-electron chi connectivity index (χ1n) is 13.8. The molecule has 10 nitrogen and oxygen atoms in total. The van der Waals surface area contributed by atoms with Gasteiger partial charge >= 0.3 is 5.97 Å². The zero-order valence-electron chi connectivity index (χ0n) is 25.3. The molecule has 0 aliphatic carbocycles. The molecule has 0 saturated heterocycles. The highest BCUT2D eigenvalue weighted by molar-refractivity contribution is 7.92. The van der Waals surface area contributed by atoms with Crippen molar-refractivity contribution in [1.29, 1.82) is 0 Å². The van der Waals surface area contributed by atoms with Gasteiger partial charge in [0.25, 0.3) is 15.9 Å². The van der Waals surface area contributed by atoms with Gasteiger partial charge in [0.15, 0.2) is 18.1 Å². The molecule has 0 aliphatic heterocycles. The lowest BCUT2D eigenvalue weighted by atomic mass is 9.81. The Morgan fingerprint density at radius 3 is 2.26 bits per heavy atom. The number of rotatable bonds is 11. The maximum atomic E-state index is 13.0. The van der Waals surface area contributed by atoms with E-state index in [2.05, 4.69) is 67.8 Å². The smallest absolute Gasteiger partial charge is 0.358 e. The van der Waals surface area contributed by atoms with Crippen molar-refractivity contribution in [2.24, 2.45) is 0 Å². The highest BCUT2D eigenvalue weighted by Crippen LogP contribution is 2.35. The fourth-order valence-corrected chi connectivity index (χ4v) is 4.93. The minimum absolute atomic E-state index is 0.0271. The van der Waals surface area contributed by atoms with Crippen LogP contribution in [0.25, 0.3) is 0 Å². The number of sulfonamides is 1. The summed E-state index contributed by atoms with van der Waals surface area (Å²) in [6.45, 7) is 14.6. The third-order valence-corrected chi connectivity index (χ3v) is 7.64. The van der Waals surface area contributed by atoms with Crippen molar-refractivity contribution in [3.8, 4) is 5.75 Å². The van der Waals surface area contributed by atoms with Crippen molar-refractivity contribution in [3.63, 3.8) is 0 Å². The predicted octanol–water partition coefficient (Wildman–Crippen LogP) is 5.85. The molecule has 42 heavy (non-hydrogen) atoms. The SMILES string of the molecule is CCCCOC(=O)c1ccc(NS(=O)(=O)c2cccc(NC(=O)COc3cc(C(C)(C)C)ccc3C(C)(C)C)c2)nn1. The maximum absolute atomic E-state index is 13.0. The number of unbranched alkanes of at least 4 members (excludes halogenated alkanes) is 1. The predicted molar refractivity (Wildman–Crippen MR) is 162 cm³/mol. The van der Waals surface area contributed by atoms with E-state index in [0.717, 1.165) is 24.0 Å². The quantitative estimate of drug-likeness (QED) is 0.208. The van der Waals surface area contributed by atoms with Crippen molar-refractivity contribution < 1.29 is 27.5 Å². The molecular formula is C31H40N4O6S. The summed E-state index contributed by atoms with van der Waals surface area (Å²) in [7, 11) is -4.07. The lowest BCUT2D eigenvalue weighted by Crippen LogP contribution is -2.23. The van der Waals surface area contributed by atoms with Crippen LogP contribution in [0.5, 0.6) is 5.75 Å². The average molecular weight is 597 g/mol.